The number of carbonyl (C=O) groups is 1. The first-order chi connectivity index (χ1) is 11.0. The Bertz CT molecular complexity index is 704. The summed E-state index contributed by atoms with van der Waals surface area (Å²) >= 11 is 6.83. The fourth-order valence-corrected chi connectivity index (χ4v) is 2.97. The Morgan fingerprint density at radius 1 is 1.09 bits per heavy atom. The molecule has 1 amide bonds. The molecule has 122 valence electrons. The lowest BCUT2D eigenvalue weighted by atomic mass is 10.1. The molecule has 0 heterocycles. The molecule has 4 nitrogen and oxygen atoms in total. The summed E-state index contributed by atoms with van der Waals surface area (Å²) in [5.74, 6) is 0.935. The van der Waals surface area contributed by atoms with Gasteiger partial charge in [0, 0.05) is 15.7 Å². The molecular formula is C17H17Br2NO3. The van der Waals surface area contributed by atoms with E-state index in [0.717, 1.165) is 4.47 Å². The van der Waals surface area contributed by atoms with Crippen LogP contribution in [-0.2, 0) is 0 Å². The van der Waals surface area contributed by atoms with Crippen LogP contribution in [0.2, 0.25) is 0 Å². The monoisotopic (exact) mass is 441 g/mol. The highest BCUT2D eigenvalue weighted by atomic mass is 79.9. The largest absolute Gasteiger partial charge is 0.490 e. The van der Waals surface area contributed by atoms with E-state index >= 15 is 0 Å². The first-order valence-electron chi connectivity index (χ1n) is 7.21. The molecule has 0 aliphatic rings. The second-order valence-corrected chi connectivity index (χ2v) is 6.39. The highest BCUT2D eigenvalue weighted by Gasteiger charge is 2.16. The smallest absolute Gasteiger partial charge is 0.255 e. The molecule has 0 unspecified atom stereocenters. The van der Waals surface area contributed by atoms with E-state index in [1.165, 1.54) is 0 Å². The van der Waals surface area contributed by atoms with Gasteiger partial charge in [-0.2, -0.15) is 0 Å². The number of ether oxygens (including phenoxy) is 2. The third-order valence-electron chi connectivity index (χ3n) is 2.94. The second-order valence-electron chi connectivity index (χ2n) is 4.62. The molecule has 23 heavy (non-hydrogen) atoms. The summed E-state index contributed by atoms with van der Waals surface area (Å²) in [7, 11) is 0. The highest BCUT2D eigenvalue weighted by Crippen LogP contribution is 2.37. The number of hydrogen-bond donors (Lipinski definition) is 1. The van der Waals surface area contributed by atoms with Crippen LogP contribution in [0.5, 0.6) is 11.5 Å². The minimum Gasteiger partial charge on any atom is -0.490 e. The Kier molecular flexibility index (Phi) is 6.47. The van der Waals surface area contributed by atoms with Crippen molar-refractivity contribution in [3.63, 3.8) is 0 Å². The maximum absolute atomic E-state index is 12.5. The first kappa shape index (κ1) is 17.8. The van der Waals surface area contributed by atoms with E-state index in [9.17, 15) is 4.79 Å². The Morgan fingerprint density at radius 3 is 2.48 bits per heavy atom. The number of nitrogens with one attached hydrogen (secondary N) is 1. The molecule has 0 fully saturated rings. The zero-order chi connectivity index (χ0) is 16.8. The van der Waals surface area contributed by atoms with E-state index < -0.39 is 0 Å². The summed E-state index contributed by atoms with van der Waals surface area (Å²) in [6, 6.07) is 10.8. The number of amides is 1. The van der Waals surface area contributed by atoms with Gasteiger partial charge in [-0.25, -0.2) is 0 Å². The van der Waals surface area contributed by atoms with Crippen molar-refractivity contribution in [2.45, 2.75) is 13.8 Å². The first-order valence-corrected chi connectivity index (χ1v) is 8.79. The van der Waals surface area contributed by atoms with Gasteiger partial charge in [0.1, 0.15) is 0 Å². The van der Waals surface area contributed by atoms with Crippen molar-refractivity contribution in [2.75, 3.05) is 18.5 Å². The lowest BCUT2D eigenvalue weighted by Crippen LogP contribution is -2.12. The quantitative estimate of drug-likeness (QED) is 0.663. The number of hydrogen-bond acceptors (Lipinski definition) is 3. The zero-order valence-electron chi connectivity index (χ0n) is 12.9. The lowest BCUT2D eigenvalue weighted by Gasteiger charge is -2.14. The lowest BCUT2D eigenvalue weighted by molar-refractivity contribution is 0.102. The van der Waals surface area contributed by atoms with Crippen LogP contribution < -0.4 is 14.8 Å². The molecule has 1 N–H and O–H groups in total. The fourth-order valence-electron chi connectivity index (χ4n) is 2.02. The van der Waals surface area contributed by atoms with Gasteiger partial charge >= 0.3 is 0 Å². The highest BCUT2D eigenvalue weighted by molar-refractivity contribution is 9.10. The summed E-state index contributed by atoms with van der Waals surface area (Å²) in [6.07, 6.45) is 0. The summed E-state index contributed by atoms with van der Waals surface area (Å²) in [6.45, 7) is 4.79. The van der Waals surface area contributed by atoms with E-state index in [2.05, 4.69) is 37.2 Å². The molecule has 0 aliphatic carbocycles. The van der Waals surface area contributed by atoms with Crippen molar-refractivity contribution >= 4 is 43.5 Å². The SMILES string of the molecule is CCOc1cc(C(=O)Nc2cccc(Br)c2)cc(Br)c1OCC. The van der Waals surface area contributed by atoms with Gasteiger partial charge in [-0.15, -0.1) is 0 Å². The number of anilines is 1. The summed E-state index contributed by atoms with van der Waals surface area (Å²) in [5, 5.41) is 2.86. The van der Waals surface area contributed by atoms with Crippen LogP contribution >= 0.6 is 31.9 Å². The zero-order valence-corrected chi connectivity index (χ0v) is 16.0. The molecule has 2 rings (SSSR count). The maximum atomic E-state index is 12.5. The Labute approximate surface area is 152 Å². The van der Waals surface area contributed by atoms with Crippen molar-refractivity contribution in [1.29, 1.82) is 0 Å². The van der Waals surface area contributed by atoms with Gasteiger partial charge in [-0.1, -0.05) is 22.0 Å². The van der Waals surface area contributed by atoms with Gasteiger partial charge in [0.25, 0.3) is 5.91 Å². The van der Waals surface area contributed by atoms with E-state index in [4.69, 9.17) is 9.47 Å². The average molecular weight is 443 g/mol. The van der Waals surface area contributed by atoms with Gasteiger partial charge in [0.15, 0.2) is 11.5 Å². The Morgan fingerprint density at radius 2 is 1.83 bits per heavy atom. The molecule has 0 saturated heterocycles. The second kappa shape index (κ2) is 8.36. The van der Waals surface area contributed by atoms with E-state index in [0.29, 0.717) is 40.4 Å². The molecule has 0 radical (unpaired) electrons. The van der Waals surface area contributed by atoms with Crippen molar-refractivity contribution in [3.8, 4) is 11.5 Å². The van der Waals surface area contributed by atoms with E-state index in [1.807, 2.05) is 38.1 Å². The third kappa shape index (κ3) is 4.72. The molecule has 0 bridgehead atoms. The standard InChI is InChI=1S/C17H17Br2NO3/c1-3-22-15-9-11(8-14(19)16(15)23-4-2)17(21)20-13-7-5-6-12(18)10-13/h5-10H,3-4H2,1-2H3,(H,20,21). The van der Waals surface area contributed by atoms with Gasteiger partial charge in [0.2, 0.25) is 0 Å². The Balaban J connectivity index is 2.29. The van der Waals surface area contributed by atoms with Crippen LogP contribution in [0.15, 0.2) is 45.3 Å². The molecule has 0 atom stereocenters. The van der Waals surface area contributed by atoms with Crippen LogP contribution in [0.4, 0.5) is 5.69 Å². The van der Waals surface area contributed by atoms with Crippen molar-refractivity contribution in [3.05, 3.63) is 50.9 Å². The molecule has 6 heteroatoms. The normalized spacial score (nSPS) is 10.3. The maximum Gasteiger partial charge on any atom is 0.255 e. The van der Waals surface area contributed by atoms with Gasteiger partial charge in [-0.3, -0.25) is 4.79 Å². The molecule has 0 spiro atoms. The molecule has 2 aromatic rings. The number of halogens is 2. The molecule has 0 aromatic heterocycles. The van der Waals surface area contributed by atoms with Gasteiger partial charge in [0.05, 0.1) is 17.7 Å². The summed E-state index contributed by atoms with van der Waals surface area (Å²) < 4.78 is 12.8. The molecular weight excluding hydrogens is 426 g/mol. The summed E-state index contributed by atoms with van der Waals surface area (Å²) in [5.41, 5.74) is 1.20. The predicted octanol–water partition coefficient (Wildman–Crippen LogP) is 5.26. The predicted molar refractivity (Wildman–Crippen MR) is 98.6 cm³/mol. The van der Waals surface area contributed by atoms with Crippen LogP contribution in [0.25, 0.3) is 0 Å². The van der Waals surface area contributed by atoms with Crippen LogP contribution in [-0.4, -0.2) is 19.1 Å². The fraction of sp³-hybridized carbons (Fsp3) is 0.235. The minimum atomic E-state index is -0.215. The van der Waals surface area contributed by atoms with Crippen molar-refractivity contribution in [1.82, 2.24) is 0 Å². The van der Waals surface area contributed by atoms with Crippen LogP contribution in [0.3, 0.4) is 0 Å². The van der Waals surface area contributed by atoms with Crippen molar-refractivity contribution in [2.24, 2.45) is 0 Å². The van der Waals surface area contributed by atoms with Crippen LogP contribution in [0.1, 0.15) is 24.2 Å². The number of benzene rings is 2. The van der Waals surface area contributed by atoms with Gasteiger partial charge in [-0.05, 0) is 60.1 Å². The number of carbonyl (C=O) groups excluding carboxylic acids is 1. The summed E-state index contributed by atoms with van der Waals surface area (Å²) in [4.78, 5) is 12.5. The van der Waals surface area contributed by atoms with E-state index in [-0.39, 0.29) is 5.91 Å². The topological polar surface area (TPSA) is 47.6 Å². The average Bonchev–Trinajstić information content (AvgIpc) is 2.50. The molecule has 0 aliphatic heterocycles. The minimum absolute atomic E-state index is 0.215. The van der Waals surface area contributed by atoms with E-state index in [1.54, 1.807) is 12.1 Å². The Hall–Kier alpha value is -1.53. The van der Waals surface area contributed by atoms with Crippen LogP contribution in [0, 0.1) is 0 Å². The third-order valence-corrected chi connectivity index (χ3v) is 4.03. The van der Waals surface area contributed by atoms with Gasteiger partial charge < -0.3 is 14.8 Å². The number of rotatable bonds is 6. The van der Waals surface area contributed by atoms with Crippen molar-refractivity contribution < 1.29 is 14.3 Å². The molecule has 2 aromatic carbocycles. The molecule has 0 saturated carbocycles.